The Labute approximate surface area is 104 Å². The fraction of sp³-hybridized carbons (Fsp3) is 0.308. The van der Waals surface area contributed by atoms with Gasteiger partial charge in [-0.1, -0.05) is 18.2 Å². The fourth-order valence-electron chi connectivity index (χ4n) is 2.02. The van der Waals surface area contributed by atoms with E-state index in [0.29, 0.717) is 32.0 Å². The molecule has 3 rings (SSSR count). The summed E-state index contributed by atoms with van der Waals surface area (Å²) in [6, 6.07) is 9.43. The minimum Gasteiger partial charge on any atom is -0.378 e. The van der Waals surface area contributed by atoms with E-state index in [0.717, 1.165) is 10.9 Å². The van der Waals surface area contributed by atoms with Gasteiger partial charge in [-0.25, -0.2) is 0 Å². The smallest absolute Gasteiger partial charge is 0.274 e. The average molecular weight is 243 g/mol. The molecule has 1 amide bonds. The van der Waals surface area contributed by atoms with E-state index in [1.54, 1.807) is 11.0 Å². The van der Waals surface area contributed by atoms with Crippen LogP contribution in [-0.2, 0) is 4.74 Å². The number of morpholine rings is 1. The summed E-state index contributed by atoms with van der Waals surface area (Å²) in [5.41, 5.74) is 1.20. The molecule has 0 radical (unpaired) electrons. The monoisotopic (exact) mass is 243 g/mol. The lowest BCUT2D eigenvalue weighted by Gasteiger charge is -2.26. The molecule has 2 aromatic rings. The average Bonchev–Trinajstić information content (AvgIpc) is 2.47. The Hall–Kier alpha value is -2.01. The maximum atomic E-state index is 12.2. The number of hydrogen-bond acceptors (Lipinski definition) is 4. The number of fused-ring (bicyclic) bond motifs is 1. The van der Waals surface area contributed by atoms with Crippen LogP contribution in [0.5, 0.6) is 0 Å². The van der Waals surface area contributed by atoms with Crippen molar-refractivity contribution in [3.8, 4) is 0 Å². The van der Waals surface area contributed by atoms with Crippen LogP contribution >= 0.6 is 0 Å². The van der Waals surface area contributed by atoms with Gasteiger partial charge >= 0.3 is 0 Å². The zero-order chi connectivity index (χ0) is 12.4. The first-order valence-corrected chi connectivity index (χ1v) is 5.94. The lowest BCUT2D eigenvalue weighted by molar-refractivity contribution is 0.0298. The summed E-state index contributed by atoms with van der Waals surface area (Å²) >= 11 is 0. The standard InChI is InChI=1S/C13H13N3O2/c17-13(16-5-7-18-8-6-16)12-9-10-3-1-2-4-11(10)14-15-12/h1-4,9H,5-8H2. The predicted octanol–water partition coefficient (Wildman–Crippen LogP) is 1.10. The highest BCUT2D eigenvalue weighted by Gasteiger charge is 2.20. The van der Waals surface area contributed by atoms with Crippen LogP contribution in [0.3, 0.4) is 0 Å². The Morgan fingerprint density at radius 3 is 2.78 bits per heavy atom. The first-order chi connectivity index (χ1) is 8.84. The molecule has 5 heteroatoms. The minimum atomic E-state index is -0.0726. The third-order valence-corrected chi connectivity index (χ3v) is 3.01. The van der Waals surface area contributed by atoms with Gasteiger partial charge in [-0.3, -0.25) is 4.79 Å². The van der Waals surface area contributed by atoms with Crippen LogP contribution in [0.15, 0.2) is 30.3 Å². The normalized spacial score (nSPS) is 15.9. The zero-order valence-corrected chi connectivity index (χ0v) is 9.87. The first-order valence-electron chi connectivity index (χ1n) is 5.94. The number of ether oxygens (including phenoxy) is 1. The molecule has 5 nitrogen and oxygen atoms in total. The second-order valence-corrected chi connectivity index (χ2v) is 4.19. The topological polar surface area (TPSA) is 55.3 Å². The van der Waals surface area contributed by atoms with Crippen molar-refractivity contribution < 1.29 is 9.53 Å². The van der Waals surface area contributed by atoms with Gasteiger partial charge in [0.1, 0.15) is 0 Å². The van der Waals surface area contributed by atoms with Gasteiger partial charge in [0.2, 0.25) is 0 Å². The molecule has 1 aliphatic heterocycles. The molecule has 0 unspecified atom stereocenters. The molecule has 0 atom stereocenters. The lowest BCUT2D eigenvalue weighted by Crippen LogP contribution is -2.41. The molecular formula is C13H13N3O2. The Morgan fingerprint density at radius 1 is 1.17 bits per heavy atom. The van der Waals surface area contributed by atoms with Crippen molar-refractivity contribution in [3.63, 3.8) is 0 Å². The highest BCUT2D eigenvalue weighted by molar-refractivity contribution is 5.95. The van der Waals surface area contributed by atoms with E-state index < -0.39 is 0 Å². The number of nitrogens with zero attached hydrogens (tertiary/aromatic N) is 3. The summed E-state index contributed by atoms with van der Waals surface area (Å²) < 4.78 is 5.23. The summed E-state index contributed by atoms with van der Waals surface area (Å²) in [4.78, 5) is 14.0. The number of benzene rings is 1. The van der Waals surface area contributed by atoms with Gasteiger partial charge < -0.3 is 9.64 Å². The highest BCUT2D eigenvalue weighted by atomic mass is 16.5. The predicted molar refractivity (Wildman–Crippen MR) is 66.3 cm³/mol. The molecule has 1 aromatic carbocycles. The van der Waals surface area contributed by atoms with Gasteiger partial charge in [0, 0.05) is 18.5 Å². The molecule has 18 heavy (non-hydrogen) atoms. The lowest BCUT2D eigenvalue weighted by atomic mass is 10.2. The van der Waals surface area contributed by atoms with E-state index >= 15 is 0 Å². The van der Waals surface area contributed by atoms with Gasteiger partial charge in [0.25, 0.3) is 5.91 Å². The summed E-state index contributed by atoms with van der Waals surface area (Å²) in [5, 5.41) is 9.00. The van der Waals surface area contributed by atoms with E-state index in [9.17, 15) is 4.79 Å². The largest absolute Gasteiger partial charge is 0.378 e. The highest BCUT2D eigenvalue weighted by Crippen LogP contribution is 2.12. The number of carbonyl (C=O) groups is 1. The van der Waals surface area contributed by atoms with E-state index in [2.05, 4.69) is 10.2 Å². The summed E-state index contributed by atoms with van der Waals surface area (Å²) in [6.07, 6.45) is 0. The van der Waals surface area contributed by atoms with Crippen LogP contribution in [0.2, 0.25) is 0 Å². The molecule has 2 heterocycles. The summed E-state index contributed by atoms with van der Waals surface area (Å²) in [6.45, 7) is 2.42. The molecular weight excluding hydrogens is 230 g/mol. The third-order valence-electron chi connectivity index (χ3n) is 3.01. The zero-order valence-electron chi connectivity index (χ0n) is 9.87. The summed E-state index contributed by atoms with van der Waals surface area (Å²) in [7, 11) is 0. The van der Waals surface area contributed by atoms with Crippen LogP contribution in [-0.4, -0.2) is 47.3 Å². The van der Waals surface area contributed by atoms with Gasteiger partial charge in [-0.05, 0) is 12.1 Å². The molecule has 0 bridgehead atoms. The number of hydrogen-bond donors (Lipinski definition) is 0. The van der Waals surface area contributed by atoms with Crippen LogP contribution < -0.4 is 0 Å². The van der Waals surface area contributed by atoms with Gasteiger partial charge in [-0.2, -0.15) is 0 Å². The van der Waals surface area contributed by atoms with Crippen LogP contribution in [0, 0.1) is 0 Å². The van der Waals surface area contributed by atoms with E-state index in [1.807, 2.05) is 24.3 Å². The third kappa shape index (κ3) is 2.04. The maximum Gasteiger partial charge on any atom is 0.274 e. The van der Waals surface area contributed by atoms with E-state index in [1.165, 1.54) is 0 Å². The van der Waals surface area contributed by atoms with Crippen molar-refractivity contribution in [1.82, 2.24) is 15.1 Å². The van der Waals surface area contributed by atoms with Gasteiger partial charge in [-0.15, -0.1) is 10.2 Å². The molecule has 1 fully saturated rings. The Kier molecular flexibility index (Phi) is 2.90. The van der Waals surface area contributed by atoms with Crippen molar-refractivity contribution >= 4 is 16.8 Å². The number of aromatic nitrogens is 2. The van der Waals surface area contributed by atoms with Crippen LogP contribution in [0.1, 0.15) is 10.5 Å². The van der Waals surface area contributed by atoms with Crippen molar-refractivity contribution in [3.05, 3.63) is 36.0 Å². The number of amides is 1. The molecule has 0 N–H and O–H groups in total. The molecule has 0 aliphatic carbocycles. The maximum absolute atomic E-state index is 12.2. The SMILES string of the molecule is O=C(c1cc2ccccc2nn1)N1CCOCC1. The molecule has 0 spiro atoms. The second-order valence-electron chi connectivity index (χ2n) is 4.19. The van der Waals surface area contributed by atoms with Crippen molar-refractivity contribution in [2.45, 2.75) is 0 Å². The number of carbonyl (C=O) groups excluding carboxylic acids is 1. The van der Waals surface area contributed by atoms with E-state index in [4.69, 9.17) is 4.74 Å². The Morgan fingerprint density at radius 2 is 1.94 bits per heavy atom. The fourth-order valence-corrected chi connectivity index (χ4v) is 2.02. The van der Waals surface area contributed by atoms with Crippen LogP contribution in [0.4, 0.5) is 0 Å². The van der Waals surface area contributed by atoms with Crippen LogP contribution in [0.25, 0.3) is 10.9 Å². The number of rotatable bonds is 1. The molecule has 1 aromatic heterocycles. The van der Waals surface area contributed by atoms with Gasteiger partial charge in [0.15, 0.2) is 5.69 Å². The molecule has 92 valence electrons. The second kappa shape index (κ2) is 4.70. The van der Waals surface area contributed by atoms with Crippen molar-refractivity contribution in [1.29, 1.82) is 0 Å². The minimum absolute atomic E-state index is 0.0726. The Bertz CT molecular complexity index is 579. The summed E-state index contributed by atoms with van der Waals surface area (Å²) in [5.74, 6) is -0.0726. The molecule has 1 saturated heterocycles. The molecule has 0 saturated carbocycles. The Balaban J connectivity index is 1.91. The first kappa shape index (κ1) is 11.1. The van der Waals surface area contributed by atoms with Crippen molar-refractivity contribution in [2.75, 3.05) is 26.3 Å². The van der Waals surface area contributed by atoms with Gasteiger partial charge in [0.05, 0.1) is 18.7 Å². The molecule has 1 aliphatic rings. The van der Waals surface area contributed by atoms with E-state index in [-0.39, 0.29) is 5.91 Å². The van der Waals surface area contributed by atoms with Crippen molar-refractivity contribution in [2.24, 2.45) is 0 Å². The quantitative estimate of drug-likeness (QED) is 0.752.